The second-order valence-corrected chi connectivity index (χ2v) is 5.90. The summed E-state index contributed by atoms with van der Waals surface area (Å²) in [5, 5.41) is 11.1. The molecular weight excluding hydrogens is 338 g/mol. The highest BCUT2D eigenvalue weighted by molar-refractivity contribution is 6.27. The number of nitro benzene ring substituents is 1. The highest BCUT2D eigenvalue weighted by Gasteiger charge is 2.44. The molecule has 2 unspecified atom stereocenters. The minimum atomic E-state index is -1.57. The normalized spacial score (nSPS) is 19.8. The molecule has 1 fully saturated rings. The Morgan fingerprint density at radius 2 is 1.69 bits per heavy atom. The molecule has 1 aliphatic carbocycles. The summed E-state index contributed by atoms with van der Waals surface area (Å²) in [4.78, 5) is 48.1. The van der Waals surface area contributed by atoms with Crippen molar-refractivity contribution in [3.05, 3.63) is 70.3 Å². The molecule has 1 aliphatic rings. The van der Waals surface area contributed by atoms with Crippen molar-refractivity contribution in [2.75, 3.05) is 0 Å². The summed E-state index contributed by atoms with van der Waals surface area (Å²) in [6.07, 6.45) is -0.764. The number of nitrogens with zero attached hydrogens (tertiary/aromatic N) is 1. The van der Waals surface area contributed by atoms with E-state index in [1.807, 2.05) is 0 Å². The number of hydrogen-bond acceptors (Lipinski definition) is 6. The van der Waals surface area contributed by atoms with E-state index in [-0.39, 0.29) is 18.4 Å². The van der Waals surface area contributed by atoms with Gasteiger partial charge in [-0.1, -0.05) is 30.3 Å². The lowest BCUT2D eigenvalue weighted by Crippen LogP contribution is -2.45. The molecule has 3 rings (SSSR count). The number of ketones is 3. The van der Waals surface area contributed by atoms with Crippen LogP contribution in [0.15, 0.2) is 54.6 Å². The van der Waals surface area contributed by atoms with Gasteiger partial charge in [0.25, 0.3) is 5.69 Å². The molecule has 0 spiro atoms. The van der Waals surface area contributed by atoms with Gasteiger partial charge in [-0.05, 0) is 24.6 Å². The summed E-state index contributed by atoms with van der Waals surface area (Å²) in [5.41, 5.74) is -0.672. The van der Waals surface area contributed by atoms with Gasteiger partial charge in [0, 0.05) is 12.5 Å². The minimum Gasteiger partial charge on any atom is -0.483 e. The number of benzene rings is 2. The maximum Gasteiger partial charge on any atom is 0.280 e. The molecule has 0 amide bonds. The number of rotatable bonds is 5. The van der Waals surface area contributed by atoms with Crippen molar-refractivity contribution in [2.45, 2.75) is 18.9 Å². The maximum absolute atomic E-state index is 12.7. The van der Waals surface area contributed by atoms with Crippen molar-refractivity contribution in [3.63, 3.8) is 0 Å². The van der Waals surface area contributed by atoms with Gasteiger partial charge in [0.1, 0.15) is 11.7 Å². The van der Waals surface area contributed by atoms with Gasteiger partial charge in [-0.2, -0.15) is 0 Å². The largest absolute Gasteiger partial charge is 0.483 e. The minimum absolute atomic E-state index is 0.000276. The molecule has 2 atom stereocenters. The van der Waals surface area contributed by atoms with Crippen molar-refractivity contribution in [2.24, 2.45) is 5.92 Å². The van der Waals surface area contributed by atoms with Gasteiger partial charge < -0.3 is 4.74 Å². The molecule has 0 aliphatic heterocycles. The molecule has 0 bridgehead atoms. The molecule has 2 aromatic rings. The number of carbonyl (C=O) groups excluding carboxylic acids is 3. The van der Waals surface area contributed by atoms with Crippen LogP contribution in [0.3, 0.4) is 0 Å². The van der Waals surface area contributed by atoms with Crippen LogP contribution in [-0.2, 0) is 9.59 Å². The first kappa shape index (κ1) is 17.5. The van der Waals surface area contributed by atoms with Crippen LogP contribution >= 0.6 is 0 Å². The van der Waals surface area contributed by atoms with Crippen LogP contribution in [0.25, 0.3) is 0 Å². The Morgan fingerprint density at radius 1 is 1.04 bits per heavy atom. The van der Waals surface area contributed by atoms with Gasteiger partial charge in [-0.3, -0.25) is 24.5 Å². The van der Waals surface area contributed by atoms with E-state index < -0.39 is 40.0 Å². The summed E-state index contributed by atoms with van der Waals surface area (Å²) < 4.78 is 5.62. The van der Waals surface area contributed by atoms with E-state index >= 15 is 0 Å². The second-order valence-electron chi connectivity index (χ2n) is 5.90. The van der Waals surface area contributed by atoms with Gasteiger partial charge in [0.2, 0.25) is 0 Å². The third-order valence-corrected chi connectivity index (χ3v) is 4.23. The first-order valence-electron chi connectivity index (χ1n) is 8.05. The van der Waals surface area contributed by atoms with Crippen molar-refractivity contribution in [1.29, 1.82) is 0 Å². The topological polar surface area (TPSA) is 104 Å². The summed E-state index contributed by atoms with van der Waals surface area (Å²) in [6, 6.07) is 13.9. The molecule has 2 aromatic carbocycles. The van der Waals surface area contributed by atoms with E-state index in [1.165, 1.54) is 24.3 Å². The first-order valence-corrected chi connectivity index (χ1v) is 8.05. The molecule has 0 N–H and O–H groups in total. The molecule has 0 radical (unpaired) electrons. The number of carbonyl (C=O) groups is 3. The van der Waals surface area contributed by atoms with Crippen LogP contribution in [0, 0.1) is 16.0 Å². The summed E-state index contributed by atoms with van der Waals surface area (Å²) in [6.45, 7) is 0. The average molecular weight is 353 g/mol. The van der Waals surface area contributed by atoms with E-state index in [1.54, 1.807) is 30.3 Å². The summed E-state index contributed by atoms with van der Waals surface area (Å²) >= 11 is 0. The fraction of sp³-hybridized carbons (Fsp3) is 0.211. The zero-order valence-electron chi connectivity index (χ0n) is 13.7. The van der Waals surface area contributed by atoms with E-state index in [2.05, 4.69) is 0 Å². The zero-order valence-corrected chi connectivity index (χ0v) is 13.7. The average Bonchev–Trinajstić information content (AvgIpc) is 2.65. The van der Waals surface area contributed by atoms with Gasteiger partial charge in [0.15, 0.2) is 23.5 Å². The lowest BCUT2D eigenvalue weighted by molar-refractivity contribution is -0.385. The van der Waals surface area contributed by atoms with Crippen LogP contribution in [0.2, 0.25) is 0 Å². The molecule has 0 aromatic heterocycles. The van der Waals surface area contributed by atoms with Crippen LogP contribution in [0.4, 0.5) is 5.69 Å². The molecule has 26 heavy (non-hydrogen) atoms. The number of para-hydroxylation sites is 2. The Morgan fingerprint density at radius 3 is 2.38 bits per heavy atom. The quantitative estimate of drug-likeness (QED) is 0.354. The SMILES string of the molecule is O=C1CCC(Oc2ccccc2)C(=O)C1C(=O)c1ccccc1[N+](=O)[O-]. The Balaban J connectivity index is 1.88. The number of nitro groups is 1. The molecule has 132 valence electrons. The van der Waals surface area contributed by atoms with Crippen molar-refractivity contribution < 1.29 is 24.0 Å². The number of Topliss-reactive ketones (excluding diaryl/α,β-unsaturated/α-hetero) is 3. The predicted molar refractivity (Wildman–Crippen MR) is 91.0 cm³/mol. The highest BCUT2D eigenvalue weighted by atomic mass is 16.6. The van der Waals surface area contributed by atoms with E-state index in [0.717, 1.165) is 0 Å². The second kappa shape index (κ2) is 7.26. The maximum atomic E-state index is 12.7. The van der Waals surface area contributed by atoms with Crippen LogP contribution in [-0.4, -0.2) is 28.4 Å². The van der Waals surface area contributed by atoms with Crippen molar-refractivity contribution in [3.8, 4) is 5.75 Å². The molecule has 0 saturated heterocycles. The van der Waals surface area contributed by atoms with Gasteiger partial charge in [0.05, 0.1) is 10.5 Å². The van der Waals surface area contributed by atoms with Gasteiger partial charge in [-0.25, -0.2) is 0 Å². The third kappa shape index (κ3) is 3.37. The molecule has 1 saturated carbocycles. The molecule has 0 heterocycles. The van der Waals surface area contributed by atoms with Gasteiger partial charge in [-0.15, -0.1) is 0 Å². The van der Waals surface area contributed by atoms with Crippen molar-refractivity contribution in [1.82, 2.24) is 0 Å². The lowest BCUT2D eigenvalue weighted by Gasteiger charge is -2.26. The monoisotopic (exact) mass is 353 g/mol. The van der Waals surface area contributed by atoms with Crippen molar-refractivity contribution >= 4 is 23.0 Å². The number of ether oxygens (including phenoxy) is 1. The Hall–Kier alpha value is -3.35. The first-order chi connectivity index (χ1) is 12.5. The zero-order chi connectivity index (χ0) is 18.7. The van der Waals surface area contributed by atoms with E-state index in [9.17, 15) is 24.5 Å². The Labute approximate surface area is 148 Å². The Kier molecular flexibility index (Phi) is 4.88. The van der Waals surface area contributed by atoms with Crippen LogP contribution in [0.1, 0.15) is 23.2 Å². The fourth-order valence-corrected chi connectivity index (χ4v) is 2.96. The number of hydrogen-bond donors (Lipinski definition) is 0. The highest BCUT2D eigenvalue weighted by Crippen LogP contribution is 2.28. The third-order valence-electron chi connectivity index (χ3n) is 4.23. The van der Waals surface area contributed by atoms with Crippen LogP contribution < -0.4 is 4.74 Å². The van der Waals surface area contributed by atoms with E-state index in [4.69, 9.17) is 4.74 Å². The Bertz CT molecular complexity index is 877. The lowest BCUT2D eigenvalue weighted by atomic mass is 9.80. The summed E-state index contributed by atoms with van der Waals surface area (Å²) in [7, 11) is 0. The van der Waals surface area contributed by atoms with E-state index in [0.29, 0.717) is 5.75 Å². The molecular formula is C19H15NO6. The predicted octanol–water partition coefficient (Wildman–Crippen LogP) is 2.77. The molecule has 7 nitrogen and oxygen atoms in total. The standard InChI is InChI=1S/C19H15NO6/c21-15-10-11-16(26-12-6-2-1-3-7-12)19(23)17(15)18(22)13-8-4-5-9-14(13)20(24)25/h1-9,16-17H,10-11H2. The fourth-order valence-electron chi connectivity index (χ4n) is 2.96. The summed E-state index contributed by atoms with van der Waals surface area (Å²) in [5.74, 6) is -3.16. The van der Waals surface area contributed by atoms with Crippen LogP contribution in [0.5, 0.6) is 5.75 Å². The molecule has 7 heteroatoms. The van der Waals surface area contributed by atoms with Gasteiger partial charge >= 0.3 is 0 Å². The smallest absolute Gasteiger partial charge is 0.280 e.